The van der Waals surface area contributed by atoms with Gasteiger partial charge in [-0.1, -0.05) is 6.07 Å². The number of rotatable bonds is 2. The van der Waals surface area contributed by atoms with E-state index in [2.05, 4.69) is 0 Å². The molecule has 3 rings (SSSR count). The standard InChI is InChI=1S/C14H17FN2O/c1-9(2)17-13-5-3-4-12(15)11(13)8-16(14(17)18)10-6-7-10/h3-5,9-10H,6-8H2,1-2H3. The van der Waals surface area contributed by atoms with Crippen LogP contribution in [0.25, 0.3) is 0 Å². The number of carbonyl (C=O) groups is 1. The van der Waals surface area contributed by atoms with Crippen molar-refractivity contribution in [2.75, 3.05) is 4.90 Å². The third-order valence-corrected chi connectivity index (χ3v) is 3.64. The first-order chi connectivity index (χ1) is 8.59. The number of halogens is 1. The lowest BCUT2D eigenvalue weighted by atomic mass is 10.1. The van der Waals surface area contributed by atoms with Crippen LogP contribution in [-0.4, -0.2) is 23.0 Å². The molecule has 0 atom stereocenters. The predicted molar refractivity (Wildman–Crippen MR) is 68.0 cm³/mol. The van der Waals surface area contributed by atoms with Crippen LogP contribution in [0.3, 0.4) is 0 Å². The molecule has 0 radical (unpaired) electrons. The Bertz CT molecular complexity index is 497. The average molecular weight is 248 g/mol. The van der Waals surface area contributed by atoms with Gasteiger partial charge in [-0.25, -0.2) is 9.18 Å². The Morgan fingerprint density at radius 1 is 1.33 bits per heavy atom. The maximum absolute atomic E-state index is 13.9. The smallest absolute Gasteiger partial charge is 0.317 e. The predicted octanol–water partition coefficient (Wildman–Crippen LogP) is 3.14. The Hall–Kier alpha value is -1.58. The second kappa shape index (κ2) is 3.97. The van der Waals surface area contributed by atoms with E-state index in [1.165, 1.54) is 6.07 Å². The van der Waals surface area contributed by atoms with Gasteiger partial charge in [0.05, 0.1) is 12.2 Å². The van der Waals surface area contributed by atoms with Gasteiger partial charge in [-0.05, 0) is 38.8 Å². The van der Waals surface area contributed by atoms with Gasteiger partial charge in [-0.15, -0.1) is 0 Å². The highest BCUT2D eigenvalue weighted by atomic mass is 19.1. The molecule has 1 saturated carbocycles. The van der Waals surface area contributed by atoms with E-state index in [9.17, 15) is 9.18 Å². The molecular weight excluding hydrogens is 231 g/mol. The van der Waals surface area contributed by atoms with E-state index in [1.807, 2.05) is 24.8 Å². The molecular formula is C14H17FN2O. The van der Waals surface area contributed by atoms with Gasteiger partial charge in [-0.3, -0.25) is 4.90 Å². The monoisotopic (exact) mass is 248 g/mol. The van der Waals surface area contributed by atoms with Crippen LogP contribution in [-0.2, 0) is 6.54 Å². The summed E-state index contributed by atoms with van der Waals surface area (Å²) in [5.74, 6) is -0.212. The lowest BCUT2D eigenvalue weighted by Crippen LogP contribution is -2.51. The molecule has 3 nitrogen and oxygen atoms in total. The van der Waals surface area contributed by atoms with Crippen molar-refractivity contribution >= 4 is 11.7 Å². The zero-order valence-corrected chi connectivity index (χ0v) is 10.7. The highest BCUT2D eigenvalue weighted by Gasteiger charge is 2.40. The third kappa shape index (κ3) is 1.67. The Kier molecular flexibility index (Phi) is 2.54. The number of anilines is 1. The molecule has 96 valence electrons. The molecule has 0 N–H and O–H groups in total. The molecule has 1 fully saturated rings. The van der Waals surface area contributed by atoms with Crippen molar-refractivity contribution in [2.24, 2.45) is 0 Å². The lowest BCUT2D eigenvalue weighted by molar-refractivity contribution is 0.192. The summed E-state index contributed by atoms with van der Waals surface area (Å²) in [4.78, 5) is 16.0. The van der Waals surface area contributed by atoms with E-state index in [4.69, 9.17) is 0 Å². The third-order valence-electron chi connectivity index (χ3n) is 3.64. The summed E-state index contributed by atoms with van der Waals surface area (Å²) in [7, 11) is 0. The van der Waals surface area contributed by atoms with Crippen LogP contribution >= 0.6 is 0 Å². The van der Waals surface area contributed by atoms with Crippen LogP contribution < -0.4 is 4.90 Å². The van der Waals surface area contributed by atoms with Crippen LogP contribution in [0.5, 0.6) is 0 Å². The van der Waals surface area contributed by atoms with Gasteiger partial charge in [0.2, 0.25) is 0 Å². The van der Waals surface area contributed by atoms with Crippen molar-refractivity contribution in [1.29, 1.82) is 0 Å². The highest BCUT2D eigenvalue weighted by molar-refractivity contribution is 5.95. The zero-order valence-electron chi connectivity index (χ0n) is 10.7. The number of fused-ring (bicyclic) bond motifs is 1. The van der Waals surface area contributed by atoms with Crippen molar-refractivity contribution in [2.45, 2.75) is 45.3 Å². The second-order valence-corrected chi connectivity index (χ2v) is 5.34. The van der Waals surface area contributed by atoms with Crippen molar-refractivity contribution in [3.63, 3.8) is 0 Å². The minimum Gasteiger partial charge on any atom is -0.317 e. The Labute approximate surface area is 106 Å². The number of hydrogen-bond acceptors (Lipinski definition) is 1. The number of carbonyl (C=O) groups excluding carboxylic acids is 1. The van der Waals surface area contributed by atoms with Gasteiger partial charge in [0, 0.05) is 17.6 Å². The first-order valence-electron chi connectivity index (χ1n) is 6.47. The fourth-order valence-electron chi connectivity index (χ4n) is 2.58. The van der Waals surface area contributed by atoms with Crippen molar-refractivity contribution in [1.82, 2.24) is 4.90 Å². The van der Waals surface area contributed by atoms with E-state index in [-0.39, 0.29) is 17.9 Å². The van der Waals surface area contributed by atoms with Crippen molar-refractivity contribution < 1.29 is 9.18 Å². The van der Waals surface area contributed by atoms with Gasteiger partial charge in [0.15, 0.2) is 0 Å². The summed E-state index contributed by atoms with van der Waals surface area (Å²) in [5.41, 5.74) is 1.38. The van der Waals surface area contributed by atoms with Crippen molar-refractivity contribution in [3.05, 3.63) is 29.6 Å². The molecule has 1 aliphatic heterocycles. The van der Waals surface area contributed by atoms with E-state index in [1.54, 1.807) is 11.0 Å². The first-order valence-corrected chi connectivity index (χ1v) is 6.47. The fraction of sp³-hybridized carbons (Fsp3) is 0.500. The molecule has 2 amide bonds. The minimum atomic E-state index is -0.212. The zero-order chi connectivity index (χ0) is 12.9. The van der Waals surface area contributed by atoms with Crippen LogP contribution in [0, 0.1) is 5.82 Å². The maximum Gasteiger partial charge on any atom is 0.325 e. The number of urea groups is 1. The molecule has 0 saturated heterocycles. The largest absolute Gasteiger partial charge is 0.325 e. The SMILES string of the molecule is CC(C)N1C(=O)N(C2CC2)Cc2c(F)cccc21. The minimum absolute atomic E-state index is 0.0191. The van der Waals surface area contributed by atoms with Gasteiger partial charge < -0.3 is 4.90 Å². The van der Waals surface area contributed by atoms with Crippen molar-refractivity contribution in [3.8, 4) is 0 Å². The number of benzene rings is 1. The Morgan fingerprint density at radius 2 is 2.06 bits per heavy atom. The summed E-state index contributed by atoms with van der Waals surface area (Å²) in [6, 6.07) is 5.35. The Balaban J connectivity index is 2.08. The van der Waals surface area contributed by atoms with Gasteiger partial charge in [-0.2, -0.15) is 0 Å². The molecule has 1 aliphatic carbocycles. The summed E-state index contributed by atoms with van der Waals surface area (Å²) in [5, 5.41) is 0. The highest BCUT2D eigenvalue weighted by Crippen LogP contribution is 2.37. The fourth-order valence-corrected chi connectivity index (χ4v) is 2.58. The molecule has 0 aromatic heterocycles. The number of nitrogens with zero attached hydrogens (tertiary/aromatic N) is 2. The summed E-state index contributed by atoms with van der Waals surface area (Å²) in [6.45, 7) is 4.33. The molecule has 2 aliphatic rings. The maximum atomic E-state index is 13.9. The van der Waals surface area contributed by atoms with Crippen LogP contribution in [0.2, 0.25) is 0 Å². The summed E-state index contributed by atoms with van der Waals surface area (Å²) >= 11 is 0. The summed E-state index contributed by atoms with van der Waals surface area (Å²) < 4.78 is 13.9. The molecule has 4 heteroatoms. The lowest BCUT2D eigenvalue weighted by Gasteiger charge is -2.39. The van der Waals surface area contributed by atoms with E-state index < -0.39 is 0 Å². The van der Waals surface area contributed by atoms with E-state index >= 15 is 0 Å². The van der Waals surface area contributed by atoms with Gasteiger partial charge in [0.1, 0.15) is 5.82 Å². The molecule has 18 heavy (non-hydrogen) atoms. The molecule has 1 aromatic carbocycles. The van der Waals surface area contributed by atoms with Crippen LogP contribution in [0.15, 0.2) is 18.2 Å². The van der Waals surface area contributed by atoms with Crippen LogP contribution in [0.1, 0.15) is 32.3 Å². The Morgan fingerprint density at radius 3 is 2.67 bits per heavy atom. The number of amides is 2. The van der Waals surface area contributed by atoms with Crippen LogP contribution in [0.4, 0.5) is 14.9 Å². The molecule has 0 unspecified atom stereocenters. The second-order valence-electron chi connectivity index (χ2n) is 5.34. The van der Waals surface area contributed by atoms with Gasteiger partial charge >= 0.3 is 6.03 Å². The summed E-state index contributed by atoms with van der Waals surface area (Å²) in [6.07, 6.45) is 2.09. The average Bonchev–Trinajstić information content (AvgIpc) is 3.12. The molecule has 1 heterocycles. The molecule has 1 aromatic rings. The molecule has 0 bridgehead atoms. The quantitative estimate of drug-likeness (QED) is 0.788. The van der Waals surface area contributed by atoms with E-state index in [0.29, 0.717) is 18.2 Å². The first kappa shape index (κ1) is 11.5. The molecule has 0 spiro atoms. The number of hydrogen-bond donors (Lipinski definition) is 0. The van der Waals surface area contributed by atoms with E-state index in [0.717, 1.165) is 18.5 Å². The topological polar surface area (TPSA) is 23.6 Å². The van der Waals surface area contributed by atoms with Gasteiger partial charge in [0.25, 0.3) is 0 Å². The normalized spacial score (nSPS) is 19.4.